The maximum absolute atomic E-state index is 10.6. The molecule has 0 heterocycles. The lowest BCUT2D eigenvalue weighted by molar-refractivity contribution is -0.137. The van der Waals surface area contributed by atoms with Crippen molar-refractivity contribution in [2.24, 2.45) is 11.7 Å². The van der Waals surface area contributed by atoms with Gasteiger partial charge in [0.2, 0.25) is 0 Å². The van der Waals surface area contributed by atoms with Gasteiger partial charge in [0.05, 0.1) is 18.7 Å². The number of hydrogen-bond donors (Lipinski definition) is 2. The van der Waals surface area contributed by atoms with E-state index in [-0.39, 0.29) is 6.42 Å². The minimum Gasteiger partial charge on any atom is -0.493 e. The van der Waals surface area contributed by atoms with Gasteiger partial charge in [-0.25, -0.2) is 0 Å². The molecule has 1 atom stereocenters. The molecule has 21 heavy (non-hydrogen) atoms. The van der Waals surface area contributed by atoms with E-state index in [2.05, 4.69) is 0 Å². The van der Waals surface area contributed by atoms with Crippen LogP contribution in [0.2, 0.25) is 5.02 Å². The Bertz CT molecular complexity index is 517. The zero-order valence-electron chi connectivity index (χ0n) is 12.0. The molecule has 1 fully saturated rings. The first-order valence-electron chi connectivity index (χ1n) is 6.99. The van der Waals surface area contributed by atoms with Crippen molar-refractivity contribution in [3.63, 3.8) is 0 Å². The molecule has 3 N–H and O–H groups in total. The molecular formula is C15H20ClNO4. The maximum atomic E-state index is 10.6. The number of hydrogen-bond acceptors (Lipinski definition) is 4. The van der Waals surface area contributed by atoms with Gasteiger partial charge >= 0.3 is 5.97 Å². The number of nitrogens with two attached hydrogens (primary N) is 1. The van der Waals surface area contributed by atoms with E-state index in [9.17, 15) is 4.79 Å². The predicted octanol–water partition coefficient (Wildman–Crippen LogP) is 3.00. The van der Waals surface area contributed by atoms with Gasteiger partial charge in [0, 0.05) is 12.5 Å². The van der Waals surface area contributed by atoms with E-state index in [0.717, 1.165) is 5.56 Å². The average Bonchev–Trinajstić information content (AvgIpc) is 3.26. The molecule has 0 radical (unpaired) electrons. The van der Waals surface area contributed by atoms with Crippen molar-refractivity contribution in [2.75, 3.05) is 13.7 Å². The van der Waals surface area contributed by atoms with Gasteiger partial charge in [-0.1, -0.05) is 11.6 Å². The first-order chi connectivity index (χ1) is 10.0. The monoisotopic (exact) mass is 313 g/mol. The smallest absolute Gasteiger partial charge is 0.303 e. The van der Waals surface area contributed by atoms with Crippen LogP contribution in [0.15, 0.2) is 12.1 Å². The fourth-order valence-electron chi connectivity index (χ4n) is 2.03. The van der Waals surface area contributed by atoms with E-state index >= 15 is 0 Å². The van der Waals surface area contributed by atoms with E-state index in [4.69, 9.17) is 31.9 Å². The number of methoxy groups -OCH3 is 1. The zero-order valence-corrected chi connectivity index (χ0v) is 12.7. The van der Waals surface area contributed by atoms with Crippen LogP contribution in [0.1, 0.15) is 37.3 Å². The highest BCUT2D eigenvalue weighted by molar-refractivity contribution is 6.32. The van der Waals surface area contributed by atoms with Crippen molar-refractivity contribution < 1.29 is 19.4 Å². The molecule has 1 saturated carbocycles. The van der Waals surface area contributed by atoms with Gasteiger partial charge < -0.3 is 20.3 Å². The van der Waals surface area contributed by atoms with Gasteiger partial charge in [0.15, 0.2) is 11.5 Å². The molecule has 0 saturated heterocycles. The number of halogens is 1. The van der Waals surface area contributed by atoms with Crippen LogP contribution in [0.5, 0.6) is 11.5 Å². The third kappa shape index (κ3) is 4.51. The SMILES string of the molecule is COc1cc(C(N)CCC(=O)O)cc(Cl)c1OCC1CC1. The summed E-state index contributed by atoms with van der Waals surface area (Å²) in [6, 6.07) is 3.09. The third-order valence-corrected chi connectivity index (χ3v) is 3.79. The molecule has 1 aliphatic carbocycles. The molecule has 1 aromatic carbocycles. The van der Waals surface area contributed by atoms with Gasteiger partial charge in [0.1, 0.15) is 0 Å². The van der Waals surface area contributed by atoms with Crippen LogP contribution in [-0.2, 0) is 4.79 Å². The second-order valence-corrected chi connectivity index (χ2v) is 5.73. The summed E-state index contributed by atoms with van der Waals surface area (Å²) in [5.74, 6) is 0.806. The Morgan fingerprint density at radius 1 is 1.52 bits per heavy atom. The normalized spacial score (nSPS) is 15.6. The van der Waals surface area contributed by atoms with E-state index in [1.165, 1.54) is 12.8 Å². The van der Waals surface area contributed by atoms with Gasteiger partial charge in [-0.15, -0.1) is 0 Å². The summed E-state index contributed by atoms with van der Waals surface area (Å²) in [6.45, 7) is 0.639. The quantitative estimate of drug-likeness (QED) is 0.771. The van der Waals surface area contributed by atoms with Crippen LogP contribution in [0, 0.1) is 5.92 Å². The number of carboxylic acids is 1. The Morgan fingerprint density at radius 2 is 2.24 bits per heavy atom. The van der Waals surface area contributed by atoms with Crippen LogP contribution in [0.25, 0.3) is 0 Å². The van der Waals surface area contributed by atoms with Gasteiger partial charge in [-0.3, -0.25) is 4.79 Å². The van der Waals surface area contributed by atoms with E-state index in [1.807, 2.05) is 0 Å². The van der Waals surface area contributed by atoms with Crippen LogP contribution >= 0.6 is 11.6 Å². The molecule has 5 nitrogen and oxygen atoms in total. The largest absolute Gasteiger partial charge is 0.493 e. The molecule has 0 aliphatic heterocycles. The molecule has 0 spiro atoms. The Labute approximate surface area is 129 Å². The first-order valence-corrected chi connectivity index (χ1v) is 7.36. The van der Waals surface area contributed by atoms with Gasteiger partial charge in [-0.05, 0) is 42.9 Å². The molecule has 2 rings (SSSR count). The lowest BCUT2D eigenvalue weighted by atomic mass is 10.0. The summed E-state index contributed by atoms with van der Waals surface area (Å²) in [4.78, 5) is 10.6. The topological polar surface area (TPSA) is 81.8 Å². The molecule has 116 valence electrons. The second kappa shape index (κ2) is 7.00. The number of carboxylic acid groups (broad SMARTS) is 1. The number of ether oxygens (including phenoxy) is 2. The van der Waals surface area contributed by atoms with Crippen molar-refractivity contribution in [3.05, 3.63) is 22.7 Å². The molecule has 0 aromatic heterocycles. The standard InChI is InChI=1S/C15H20ClNO4/c1-20-13-7-10(12(17)4-5-14(18)19)6-11(16)15(13)21-8-9-2-3-9/h6-7,9,12H,2-5,8,17H2,1H3,(H,18,19). The van der Waals surface area contributed by atoms with Crippen molar-refractivity contribution in [1.29, 1.82) is 0 Å². The van der Waals surface area contributed by atoms with Crippen molar-refractivity contribution >= 4 is 17.6 Å². The highest BCUT2D eigenvalue weighted by Gasteiger charge is 2.24. The molecule has 0 bridgehead atoms. The fraction of sp³-hybridized carbons (Fsp3) is 0.533. The molecular weight excluding hydrogens is 294 g/mol. The summed E-state index contributed by atoms with van der Waals surface area (Å²) in [6.07, 6.45) is 2.74. The lowest BCUT2D eigenvalue weighted by Crippen LogP contribution is -2.13. The minimum atomic E-state index is -0.868. The summed E-state index contributed by atoms with van der Waals surface area (Å²) in [7, 11) is 1.54. The molecule has 1 aromatic rings. The molecule has 0 amide bonds. The number of benzene rings is 1. The van der Waals surface area contributed by atoms with Gasteiger partial charge in [0.25, 0.3) is 0 Å². The van der Waals surface area contributed by atoms with Crippen LogP contribution in [0.4, 0.5) is 0 Å². The predicted molar refractivity (Wildman–Crippen MR) is 80.0 cm³/mol. The Hall–Kier alpha value is -1.46. The maximum Gasteiger partial charge on any atom is 0.303 e. The van der Waals surface area contributed by atoms with Crippen LogP contribution in [-0.4, -0.2) is 24.8 Å². The Balaban J connectivity index is 2.11. The van der Waals surface area contributed by atoms with Crippen molar-refractivity contribution in [1.82, 2.24) is 0 Å². The number of rotatable bonds is 8. The highest BCUT2D eigenvalue weighted by atomic mass is 35.5. The number of aliphatic carboxylic acids is 1. The lowest BCUT2D eigenvalue weighted by Gasteiger charge is -2.17. The average molecular weight is 314 g/mol. The summed E-state index contributed by atoms with van der Waals surface area (Å²) in [5, 5.41) is 9.15. The first kappa shape index (κ1) is 15.9. The molecule has 1 unspecified atom stereocenters. The van der Waals surface area contributed by atoms with Crippen molar-refractivity contribution in [2.45, 2.75) is 31.7 Å². The van der Waals surface area contributed by atoms with Crippen molar-refractivity contribution in [3.8, 4) is 11.5 Å². The van der Waals surface area contributed by atoms with E-state index in [1.54, 1.807) is 19.2 Å². The summed E-state index contributed by atoms with van der Waals surface area (Å²) >= 11 is 6.25. The Kier molecular flexibility index (Phi) is 5.31. The summed E-state index contributed by atoms with van der Waals surface area (Å²) < 4.78 is 11.0. The molecule has 1 aliphatic rings. The zero-order chi connectivity index (χ0) is 15.4. The fourth-order valence-corrected chi connectivity index (χ4v) is 2.30. The molecule has 6 heteroatoms. The minimum absolute atomic E-state index is 0.0149. The van der Waals surface area contributed by atoms with Crippen LogP contribution < -0.4 is 15.2 Å². The van der Waals surface area contributed by atoms with Crippen LogP contribution in [0.3, 0.4) is 0 Å². The van der Waals surface area contributed by atoms with Gasteiger partial charge in [-0.2, -0.15) is 0 Å². The summed E-state index contributed by atoms with van der Waals surface area (Å²) in [5.41, 5.74) is 6.75. The second-order valence-electron chi connectivity index (χ2n) is 5.33. The number of carbonyl (C=O) groups is 1. The highest BCUT2D eigenvalue weighted by Crippen LogP contribution is 2.40. The van der Waals surface area contributed by atoms with E-state index in [0.29, 0.717) is 35.5 Å². The Morgan fingerprint density at radius 3 is 2.81 bits per heavy atom. The third-order valence-electron chi connectivity index (χ3n) is 3.51. The van der Waals surface area contributed by atoms with E-state index < -0.39 is 12.0 Å².